The maximum Gasteiger partial charge on any atom is 0.221 e. The maximum atomic E-state index is 11.7. The third-order valence-electron chi connectivity index (χ3n) is 3.48. The van der Waals surface area contributed by atoms with Crippen LogP contribution in [-0.2, 0) is 11.3 Å². The molecule has 1 aliphatic carbocycles. The van der Waals surface area contributed by atoms with Gasteiger partial charge in [0.05, 0.1) is 0 Å². The van der Waals surface area contributed by atoms with Crippen molar-refractivity contribution in [3.8, 4) is 0 Å². The Hall–Kier alpha value is -1.55. The zero-order valence-corrected chi connectivity index (χ0v) is 12.4. The van der Waals surface area contributed by atoms with Gasteiger partial charge in [-0.15, -0.1) is 0 Å². The van der Waals surface area contributed by atoms with Gasteiger partial charge in [0.15, 0.2) is 0 Å². The van der Waals surface area contributed by atoms with Gasteiger partial charge in [-0.05, 0) is 44.4 Å². The van der Waals surface area contributed by atoms with Gasteiger partial charge < -0.3 is 11.1 Å². The molecule has 2 rings (SSSR count). The predicted molar refractivity (Wildman–Crippen MR) is 82.2 cm³/mol. The molecule has 1 aliphatic rings. The first kappa shape index (κ1) is 14.9. The molecule has 1 saturated carbocycles. The largest absolute Gasteiger partial charge is 0.399 e. The highest BCUT2D eigenvalue weighted by Gasteiger charge is 2.29. The van der Waals surface area contributed by atoms with Crippen molar-refractivity contribution >= 4 is 11.6 Å². The van der Waals surface area contributed by atoms with Gasteiger partial charge in [0.25, 0.3) is 0 Å². The van der Waals surface area contributed by atoms with Crippen LogP contribution in [0.15, 0.2) is 24.3 Å². The molecule has 4 heteroatoms. The van der Waals surface area contributed by atoms with Crippen LogP contribution in [-0.4, -0.2) is 29.4 Å². The van der Waals surface area contributed by atoms with E-state index >= 15 is 0 Å². The Morgan fingerprint density at radius 3 is 2.80 bits per heavy atom. The minimum Gasteiger partial charge on any atom is -0.399 e. The van der Waals surface area contributed by atoms with Crippen LogP contribution in [0.5, 0.6) is 0 Å². The second kappa shape index (κ2) is 6.75. The molecule has 3 N–H and O–H groups in total. The Morgan fingerprint density at radius 1 is 1.45 bits per heavy atom. The van der Waals surface area contributed by atoms with Crippen molar-refractivity contribution < 1.29 is 4.79 Å². The highest BCUT2D eigenvalue weighted by atomic mass is 16.1. The van der Waals surface area contributed by atoms with Crippen LogP contribution in [0.2, 0.25) is 0 Å². The summed E-state index contributed by atoms with van der Waals surface area (Å²) >= 11 is 0. The van der Waals surface area contributed by atoms with E-state index in [0.29, 0.717) is 12.5 Å². The van der Waals surface area contributed by atoms with Crippen molar-refractivity contribution in [2.45, 2.75) is 51.7 Å². The molecule has 0 aliphatic heterocycles. The average Bonchev–Trinajstić information content (AvgIpc) is 3.17. The summed E-state index contributed by atoms with van der Waals surface area (Å²) in [6.07, 6.45) is 3.05. The molecular formula is C16H25N3O. The van der Waals surface area contributed by atoms with Gasteiger partial charge in [0, 0.05) is 37.3 Å². The van der Waals surface area contributed by atoms with Crippen molar-refractivity contribution in [3.63, 3.8) is 0 Å². The van der Waals surface area contributed by atoms with Crippen LogP contribution in [0.3, 0.4) is 0 Å². The second-order valence-electron chi connectivity index (χ2n) is 5.92. The predicted octanol–water partition coefficient (Wildman–Crippen LogP) is 2.15. The molecule has 0 unspecified atom stereocenters. The molecule has 0 heterocycles. The van der Waals surface area contributed by atoms with Gasteiger partial charge in [-0.3, -0.25) is 9.69 Å². The number of benzene rings is 1. The number of nitrogen functional groups attached to an aromatic ring is 1. The van der Waals surface area contributed by atoms with Crippen LogP contribution in [0.25, 0.3) is 0 Å². The van der Waals surface area contributed by atoms with Gasteiger partial charge in [-0.1, -0.05) is 12.1 Å². The third-order valence-corrected chi connectivity index (χ3v) is 3.48. The van der Waals surface area contributed by atoms with Gasteiger partial charge in [-0.2, -0.15) is 0 Å². The number of carbonyl (C=O) groups excluding carboxylic acids is 1. The lowest BCUT2D eigenvalue weighted by Gasteiger charge is -2.22. The number of nitrogens with two attached hydrogens (primary N) is 1. The number of amides is 1. The Balaban J connectivity index is 1.86. The van der Waals surface area contributed by atoms with E-state index in [2.05, 4.69) is 16.3 Å². The smallest absolute Gasteiger partial charge is 0.221 e. The fourth-order valence-electron chi connectivity index (χ4n) is 2.40. The zero-order chi connectivity index (χ0) is 14.5. The number of carbonyl (C=O) groups is 1. The number of hydrogen-bond donors (Lipinski definition) is 2. The first-order valence-corrected chi connectivity index (χ1v) is 7.42. The van der Waals surface area contributed by atoms with E-state index in [1.807, 2.05) is 32.0 Å². The lowest BCUT2D eigenvalue weighted by atomic mass is 10.2. The Morgan fingerprint density at radius 2 is 2.20 bits per heavy atom. The van der Waals surface area contributed by atoms with E-state index < -0.39 is 0 Å². The average molecular weight is 275 g/mol. The molecule has 0 aromatic heterocycles. The lowest BCUT2D eigenvalue weighted by molar-refractivity contribution is -0.121. The minimum absolute atomic E-state index is 0.137. The number of hydrogen-bond acceptors (Lipinski definition) is 3. The molecule has 0 saturated heterocycles. The Labute approximate surface area is 121 Å². The summed E-state index contributed by atoms with van der Waals surface area (Å²) in [5, 5.41) is 2.94. The molecule has 0 bridgehead atoms. The van der Waals surface area contributed by atoms with Crippen molar-refractivity contribution in [1.29, 1.82) is 0 Å². The topological polar surface area (TPSA) is 58.4 Å². The van der Waals surface area contributed by atoms with Crippen molar-refractivity contribution in [1.82, 2.24) is 10.2 Å². The molecule has 0 radical (unpaired) electrons. The standard InChI is InChI=1S/C16H25N3O/c1-12(2)18-16(20)8-9-19(15-6-7-15)11-13-4-3-5-14(17)10-13/h3-5,10,12,15H,6-9,11,17H2,1-2H3,(H,18,20). The SMILES string of the molecule is CC(C)NC(=O)CCN(Cc1cccc(N)c1)C1CC1. The van der Waals surface area contributed by atoms with Crippen molar-refractivity contribution in [2.75, 3.05) is 12.3 Å². The molecule has 110 valence electrons. The summed E-state index contributed by atoms with van der Waals surface area (Å²) in [6.45, 7) is 5.68. The number of anilines is 1. The molecule has 1 aromatic rings. The van der Waals surface area contributed by atoms with Crippen LogP contribution >= 0.6 is 0 Å². The van der Waals surface area contributed by atoms with Crippen molar-refractivity contribution in [3.05, 3.63) is 29.8 Å². The highest BCUT2D eigenvalue weighted by Crippen LogP contribution is 2.28. The van der Waals surface area contributed by atoms with Crippen molar-refractivity contribution in [2.24, 2.45) is 0 Å². The molecule has 4 nitrogen and oxygen atoms in total. The monoisotopic (exact) mass is 275 g/mol. The van der Waals surface area contributed by atoms with Crippen LogP contribution < -0.4 is 11.1 Å². The second-order valence-corrected chi connectivity index (χ2v) is 5.92. The maximum absolute atomic E-state index is 11.7. The Bertz CT molecular complexity index is 455. The van der Waals surface area contributed by atoms with E-state index in [0.717, 1.165) is 18.8 Å². The normalized spacial score (nSPS) is 14.8. The van der Waals surface area contributed by atoms with E-state index in [1.165, 1.54) is 18.4 Å². The summed E-state index contributed by atoms with van der Waals surface area (Å²) in [5.74, 6) is 0.137. The third kappa shape index (κ3) is 4.85. The van der Waals surface area contributed by atoms with Gasteiger partial charge in [0.2, 0.25) is 5.91 Å². The molecular weight excluding hydrogens is 250 g/mol. The summed E-state index contributed by atoms with van der Waals surface area (Å²) in [5.41, 5.74) is 7.85. The minimum atomic E-state index is 0.137. The molecule has 0 spiro atoms. The molecule has 0 atom stereocenters. The van der Waals surface area contributed by atoms with Gasteiger partial charge >= 0.3 is 0 Å². The fraction of sp³-hybridized carbons (Fsp3) is 0.562. The molecule has 1 fully saturated rings. The van der Waals surface area contributed by atoms with E-state index in [9.17, 15) is 4.79 Å². The van der Waals surface area contributed by atoms with Gasteiger partial charge in [-0.25, -0.2) is 0 Å². The van der Waals surface area contributed by atoms with Crippen LogP contribution in [0.1, 0.15) is 38.7 Å². The van der Waals surface area contributed by atoms with Crippen LogP contribution in [0.4, 0.5) is 5.69 Å². The summed E-state index contributed by atoms with van der Waals surface area (Å²) in [4.78, 5) is 14.1. The quantitative estimate of drug-likeness (QED) is 0.750. The zero-order valence-electron chi connectivity index (χ0n) is 12.4. The van der Waals surface area contributed by atoms with E-state index in [-0.39, 0.29) is 11.9 Å². The van der Waals surface area contributed by atoms with E-state index in [1.54, 1.807) is 0 Å². The number of rotatable bonds is 7. The highest BCUT2D eigenvalue weighted by molar-refractivity contribution is 5.76. The van der Waals surface area contributed by atoms with E-state index in [4.69, 9.17) is 5.73 Å². The molecule has 1 amide bonds. The Kier molecular flexibility index (Phi) is 5.01. The van der Waals surface area contributed by atoms with Gasteiger partial charge in [0.1, 0.15) is 0 Å². The lowest BCUT2D eigenvalue weighted by Crippen LogP contribution is -2.34. The fourth-order valence-corrected chi connectivity index (χ4v) is 2.40. The van der Waals surface area contributed by atoms with Crippen LogP contribution in [0, 0.1) is 0 Å². The first-order valence-electron chi connectivity index (χ1n) is 7.42. The first-order chi connectivity index (χ1) is 9.54. The molecule has 1 aromatic carbocycles. The summed E-state index contributed by atoms with van der Waals surface area (Å²) in [7, 11) is 0. The number of nitrogens with zero attached hydrogens (tertiary/aromatic N) is 1. The molecule has 20 heavy (non-hydrogen) atoms. The number of nitrogens with one attached hydrogen (secondary N) is 1. The summed E-state index contributed by atoms with van der Waals surface area (Å²) < 4.78 is 0. The summed E-state index contributed by atoms with van der Waals surface area (Å²) in [6, 6.07) is 8.86.